The summed E-state index contributed by atoms with van der Waals surface area (Å²) in [4.78, 5) is 2.23. The average molecular weight is 328 g/mol. The summed E-state index contributed by atoms with van der Waals surface area (Å²) in [6.45, 7) is 7.46. The Morgan fingerprint density at radius 3 is 2.86 bits per heavy atom. The predicted octanol–water partition coefficient (Wildman–Crippen LogP) is 3.12. The van der Waals surface area contributed by atoms with E-state index in [0.29, 0.717) is 18.2 Å². The van der Waals surface area contributed by atoms with Crippen LogP contribution in [0, 0.1) is 0 Å². The third-order valence-corrected chi connectivity index (χ3v) is 6.00. The van der Waals surface area contributed by atoms with E-state index in [2.05, 4.69) is 24.5 Å². The Morgan fingerprint density at radius 1 is 1.52 bits per heavy atom. The summed E-state index contributed by atoms with van der Waals surface area (Å²) < 4.78 is 23.4. The summed E-state index contributed by atoms with van der Waals surface area (Å²) in [5.41, 5.74) is 1.18. The molecule has 116 valence electrons. The van der Waals surface area contributed by atoms with Gasteiger partial charge in [-0.1, -0.05) is 36.7 Å². The van der Waals surface area contributed by atoms with Crippen LogP contribution in [0.2, 0.25) is 5.02 Å². The molecule has 1 fully saturated rings. The van der Waals surface area contributed by atoms with Crippen LogP contribution in [0.4, 0.5) is 0 Å². The molecule has 0 unspecified atom stereocenters. The minimum absolute atomic E-state index is 0.106. The fraction of sp³-hybridized carbons (Fsp3) is 0.500. The lowest BCUT2D eigenvalue weighted by Crippen LogP contribution is -2.38. The zero-order valence-corrected chi connectivity index (χ0v) is 13.9. The van der Waals surface area contributed by atoms with Gasteiger partial charge in [0.15, 0.2) is 9.84 Å². The second-order valence-electron chi connectivity index (χ2n) is 5.76. The Hall–Kier alpha value is -0.840. The Kier molecular flexibility index (Phi) is 5.47. The van der Waals surface area contributed by atoms with E-state index in [1.165, 1.54) is 5.56 Å². The van der Waals surface area contributed by atoms with Gasteiger partial charge in [-0.3, -0.25) is 4.90 Å². The Bertz CT molecular complexity index is 600. The summed E-state index contributed by atoms with van der Waals surface area (Å²) >= 11 is 6.04. The van der Waals surface area contributed by atoms with Crippen LogP contribution in [-0.2, 0) is 9.84 Å². The molecule has 0 saturated carbocycles. The average Bonchev–Trinajstić information content (AvgIpc) is 2.78. The van der Waals surface area contributed by atoms with E-state index >= 15 is 0 Å². The maximum absolute atomic E-state index is 11.7. The van der Waals surface area contributed by atoms with Crippen molar-refractivity contribution in [3.63, 3.8) is 0 Å². The smallest absolute Gasteiger partial charge is 0.151 e. The SMILES string of the molecule is C=CCN(C[C@@H](C)c1cccc(Cl)c1)[C@@H]1CCS(=O)(=O)C1. The van der Waals surface area contributed by atoms with E-state index in [1.807, 2.05) is 24.3 Å². The number of halogens is 1. The van der Waals surface area contributed by atoms with E-state index < -0.39 is 9.84 Å². The topological polar surface area (TPSA) is 37.4 Å². The molecule has 0 N–H and O–H groups in total. The van der Waals surface area contributed by atoms with Crippen molar-refractivity contribution in [1.29, 1.82) is 0 Å². The van der Waals surface area contributed by atoms with Crippen molar-refractivity contribution < 1.29 is 8.42 Å². The largest absolute Gasteiger partial charge is 0.295 e. The van der Waals surface area contributed by atoms with Gasteiger partial charge in [0.25, 0.3) is 0 Å². The van der Waals surface area contributed by atoms with Crippen molar-refractivity contribution in [1.82, 2.24) is 4.90 Å². The fourth-order valence-corrected chi connectivity index (χ4v) is 4.83. The second kappa shape index (κ2) is 6.95. The molecule has 1 aromatic carbocycles. The highest BCUT2D eigenvalue weighted by Crippen LogP contribution is 2.24. The van der Waals surface area contributed by atoms with Gasteiger partial charge in [0.05, 0.1) is 11.5 Å². The first kappa shape index (κ1) is 16.5. The van der Waals surface area contributed by atoms with Crippen LogP contribution in [0.3, 0.4) is 0 Å². The molecule has 0 aliphatic carbocycles. The summed E-state index contributed by atoms with van der Waals surface area (Å²) in [5.74, 6) is 0.868. The molecule has 2 atom stereocenters. The van der Waals surface area contributed by atoms with Crippen LogP contribution in [0.1, 0.15) is 24.8 Å². The molecular formula is C16H22ClNO2S. The highest BCUT2D eigenvalue weighted by molar-refractivity contribution is 7.91. The van der Waals surface area contributed by atoms with Crippen LogP contribution in [0.15, 0.2) is 36.9 Å². The highest BCUT2D eigenvalue weighted by atomic mass is 35.5. The van der Waals surface area contributed by atoms with Gasteiger partial charge in [0.2, 0.25) is 0 Å². The number of sulfone groups is 1. The van der Waals surface area contributed by atoms with E-state index in [1.54, 1.807) is 0 Å². The molecule has 1 aliphatic rings. The Balaban J connectivity index is 2.07. The van der Waals surface area contributed by atoms with Crippen LogP contribution < -0.4 is 0 Å². The van der Waals surface area contributed by atoms with Crippen molar-refractivity contribution >= 4 is 21.4 Å². The van der Waals surface area contributed by atoms with Gasteiger partial charge in [-0.2, -0.15) is 0 Å². The van der Waals surface area contributed by atoms with Gasteiger partial charge in [0.1, 0.15) is 0 Å². The van der Waals surface area contributed by atoms with E-state index in [4.69, 9.17) is 11.6 Å². The van der Waals surface area contributed by atoms with Gasteiger partial charge in [0, 0.05) is 24.2 Å². The van der Waals surface area contributed by atoms with Crippen molar-refractivity contribution in [3.05, 3.63) is 47.5 Å². The lowest BCUT2D eigenvalue weighted by molar-refractivity contribution is 0.224. The number of hydrogen-bond acceptors (Lipinski definition) is 3. The molecule has 0 bridgehead atoms. The van der Waals surface area contributed by atoms with Gasteiger partial charge < -0.3 is 0 Å². The van der Waals surface area contributed by atoms with Crippen LogP contribution >= 0.6 is 11.6 Å². The number of rotatable bonds is 6. The molecule has 5 heteroatoms. The maximum atomic E-state index is 11.7. The molecule has 0 spiro atoms. The zero-order valence-electron chi connectivity index (χ0n) is 12.3. The minimum atomic E-state index is -2.86. The fourth-order valence-electron chi connectivity index (χ4n) is 2.87. The van der Waals surface area contributed by atoms with Crippen LogP contribution in [0.5, 0.6) is 0 Å². The van der Waals surface area contributed by atoms with Gasteiger partial charge in [-0.25, -0.2) is 8.42 Å². The van der Waals surface area contributed by atoms with Crippen LogP contribution in [-0.4, -0.2) is 44.0 Å². The predicted molar refractivity (Wildman–Crippen MR) is 88.7 cm³/mol. The number of hydrogen-bond donors (Lipinski definition) is 0. The first-order chi connectivity index (χ1) is 9.91. The van der Waals surface area contributed by atoms with Gasteiger partial charge >= 0.3 is 0 Å². The van der Waals surface area contributed by atoms with Crippen molar-refractivity contribution in [3.8, 4) is 0 Å². The van der Waals surface area contributed by atoms with Crippen molar-refractivity contribution in [2.75, 3.05) is 24.6 Å². The molecule has 1 aliphatic heterocycles. The molecule has 1 heterocycles. The molecule has 0 aromatic heterocycles. The monoisotopic (exact) mass is 327 g/mol. The van der Waals surface area contributed by atoms with E-state index in [9.17, 15) is 8.42 Å². The molecule has 2 rings (SSSR count). The summed E-state index contributed by atoms with van der Waals surface area (Å²) in [7, 11) is -2.86. The lowest BCUT2D eigenvalue weighted by atomic mass is 10.00. The molecule has 1 aromatic rings. The quantitative estimate of drug-likeness (QED) is 0.753. The van der Waals surface area contributed by atoms with Crippen molar-refractivity contribution in [2.45, 2.75) is 25.3 Å². The number of benzene rings is 1. The lowest BCUT2D eigenvalue weighted by Gasteiger charge is -2.29. The molecule has 0 amide bonds. The first-order valence-electron chi connectivity index (χ1n) is 7.22. The number of nitrogens with zero attached hydrogens (tertiary/aromatic N) is 1. The van der Waals surface area contributed by atoms with Gasteiger partial charge in [-0.15, -0.1) is 6.58 Å². The van der Waals surface area contributed by atoms with E-state index in [-0.39, 0.29) is 11.8 Å². The Labute approximate surface area is 132 Å². The molecule has 3 nitrogen and oxygen atoms in total. The van der Waals surface area contributed by atoms with Crippen molar-refractivity contribution in [2.24, 2.45) is 0 Å². The van der Waals surface area contributed by atoms with E-state index in [0.717, 1.165) is 18.0 Å². The molecule has 1 saturated heterocycles. The zero-order chi connectivity index (χ0) is 15.5. The van der Waals surface area contributed by atoms with Gasteiger partial charge in [-0.05, 0) is 30.0 Å². The third-order valence-electron chi connectivity index (χ3n) is 4.01. The summed E-state index contributed by atoms with van der Waals surface area (Å²) in [6.07, 6.45) is 2.56. The Morgan fingerprint density at radius 2 is 2.29 bits per heavy atom. The first-order valence-corrected chi connectivity index (χ1v) is 9.42. The highest BCUT2D eigenvalue weighted by Gasteiger charge is 2.32. The molecule has 0 radical (unpaired) electrons. The summed E-state index contributed by atoms with van der Waals surface area (Å²) in [5, 5.41) is 0.734. The standard InChI is InChI=1S/C16H22ClNO2S/c1-3-8-18(16-7-9-21(19,20)12-16)11-13(2)14-5-4-6-15(17)10-14/h3-6,10,13,16H,1,7-9,11-12H2,2H3/t13-,16-/m1/s1. The molecule has 21 heavy (non-hydrogen) atoms. The maximum Gasteiger partial charge on any atom is 0.151 e. The second-order valence-corrected chi connectivity index (χ2v) is 8.42. The normalized spacial score (nSPS) is 22.3. The summed E-state index contributed by atoms with van der Waals surface area (Å²) in [6, 6.07) is 7.96. The van der Waals surface area contributed by atoms with Crippen LogP contribution in [0.25, 0.3) is 0 Å². The third kappa shape index (κ3) is 4.56. The molecular weight excluding hydrogens is 306 g/mol. The minimum Gasteiger partial charge on any atom is -0.295 e.